The normalized spacial score (nSPS) is 18.1. The molecular formula is C26H19F7N4O3. The predicted octanol–water partition coefficient (Wildman–Crippen LogP) is 4.91. The summed E-state index contributed by atoms with van der Waals surface area (Å²) in [7, 11) is 0. The maximum Gasteiger partial charge on any atom is 0.417 e. The van der Waals surface area contributed by atoms with Crippen LogP contribution in [-0.4, -0.2) is 32.7 Å². The van der Waals surface area contributed by atoms with Gasteiger partial charge >= 0.3 is 18.3 Å². The number of carboxylic acid groups (broad SMARTS) is 1. The van der Waals surface area contributed by atoms with Crippen molar-refractivity contribution in [2.24, 2.45) is 0 Å². The summed E-state index contributed by atoms with van der Waals surface area (Å²) in [4.78, 5) is 30.3. The number of nitrogens with one attached hydrogen (secondary N) is 1. The van der Waals surface area contributed by atoms with E-state index < -0.39 is 64.1 Å². The number of aromatic nitrogens is 2. The Morgan fingerprint density at radius 1 is 1.07 bits per heavy atom. The van der Waals surface area contributed by atoms with Crippen LogP contribution in [0.2, 0.25) is 0 Å². The number of fused-ring (bicyclic) bond motifs is 2. The van der Waals surface area contributed by atoms with E-state index >= 15 is 0 Å². The van der Waals surface area contributed by atoms with Gasteiger partial charge < -0.3 is 10.0 Å². The van der Waals surface area contributed by atoms with Gasteiger partial charge in [0, 0.05) is 37.0 Å². The lowest BCUT2D eigenvalue weighted by molar-refractivity contribution is -0.160. The molecule has 0 amide bonds. The van der Waals surface area contributed by atoms with E-state index in [-0.39, 0.29) is 31.4 Å². The van der Waals surface area contributed by atoms with Crippen LogP contribution in [0.25, 0.3) is 5.65 Å². The van der Waals surface area contributed by atoms with Crippen molar-refractivity contribution in [3.8, 4) is 0 Å². The number of pyridine rings is 1. The maximum atomic E-state index is 14.5. The topological polar surface area (TPSA) is 86.9 Å². The van der Waals surface area contributed by atoms with Crippen molar-refractivity contribution in [2.75, 3.05) is 4.90 Å². The van der Waals surface area contributed by atoms with E-state index in [1.807, 2.05) is 0 Å². The van der Waals surface area contributed by atoms with Gasteiger partial charge in [-0.25, -0.2) is 14.2 Å². The molecule has 1 aliphatic heterocycles. The van der Waals surface area contributed by atoms with Gasteiger partial charge in [0.2, 0.25) is 0 Å². The van der Waals surface area contributed by atoms with Gasteiger partial charge in [0.1, 0.15) is 23.3 Å². The molecule has 0 radical (unpaired) electrons. The van der Waals surface area contributed by atoms with Crippen molar-refractivity contribution in [2.45, 2.75) is 43.9 Å². The van der Waals surface area contributed by atoms with Crippen LogP contribution in [-0.2, 0) is 24.1 Å². The fourth-order valence-electron chi connectivity index (χ4n) is 4.84. The fraction of sp³-hybridized carbons (Fsp3) is 0.269. The van der Waals surface area contributed by atoms with Crippen molar-refractivity contribution in [1.29, 1.82) is 0 Å². The molecule has 3 aromatic rings. The SMILES string of the molecule is O=C(O)C1=CC=CCC1NC(c1cc(C(F)(F)F)cn2c(=O)cc(N3Cc4ccc(F)cc4C3)nc12)C(F)(F)F. The summed E-state index contributed by atoms with van der Waals surface area (Å²) in [5.41, 5.74) is -3.47. The number of allylic oxidation sites excluding steroid dienone is 2. The molecule has 40 heavy (non-hydrogen) atoms. The number of carboxylic acids is 1. The largest absolute Gasteiger partial charge is 0.478 e. The number of hydrogen-bond acceptors (Lipinski definition) is 5. The van der Waals surface area contributed by atoms with Crippen molar-refractivity contribution < 1.29 is 40.6 Å². The molecule has 210 valence electrons. The van der Waals surface area contributed by atoms with Crippen LogP contribution in [0.1, 0.15) is 34.7 Å². The number of anilines is 1. The van der Waals surface area contributed by atoms with Crippen LogP contribution in [0.4, 0.5) is 36.6 Å². The number of rotatable bonds is 5. The summed E-state index contributed by atoms with van der Waals surface area (Å²) in [5.74, 6) is -2.13. The Hall–Kier alpha value is -4.20. The highest BCUT2D eigenvalue weighted by atomic mass is 19.4. The van der Waals surface area contributed by atoms with Gasteiger partial charge in [0.05, 0.1) is 11.1 Å². The molecule has 0 saturated heterocycles. The monoisotopic (exact) mass is 568 g/mol. The molecule has 2 aliphatic rings. The van der Waals surface area contributed by atoms with Crippen LogP contribution in [0.5, 0.6) is 0 Å². The van der Waals surface area contributed by atoms with Gasteiger partial charge in [0.15, 0.2) is 0 Å². The van der Waals surface area contributed by atoms with Crippen molar-refractivity contribution >= 4 is 17.4 Å². The second kappa shape index (κ2) is 9.77. The van der Waals surface area contributed by atoms with Gasteiger partial charge in [0.25, 0.3) is 5.56 Å². The number of hydrogen-bond donors (Lipinski definition) is 2. The molecule has 7 nitrogen and oxygen atoms in total. The Morgan fingerprint density at radius 2 is 1.80 bits per heavy atom. The number of benzene rings is 1. The Labute approximate surface area is 220 Å². The lowest BCUT2D eigenvalue weighted by atomic mass is 9.96. The van der Waals surface area contributed by atoms with Gasteiger partial charge in [-0.05, 0) is 35.7 Å². The minimum Gasteiger partial charge on any atom is -0.478 e. The molecule has 0 saturated carbocycles. The minimum atomic E-state index is -5.22. The van der Waals surface area contributed by atoms with E-state index in [0.717, 1.165) is 12.1 Å². The summed E-state index contributed by atoms with van der Waals surface area (Å²) in [6.07, 6.45) is -6.29. The first-order chi connectivity index (χ1) is 18.7. The Balaban J connectivity index is 1.67. The molecule has 2 aromatic heterocycles. The first-order valence-electron chi connectivity index (χ1n) is 11.8. The zero-order valence-corrected chi connectivity index (χ0v) is 20.2. The second-order valence-electron chi connectivity index (χ2n) is 9.38. The van der Waals surface area contributed by atoms with Crippen LogP contribution in [0.3, 0.4) is 0 Å². The Morgan fingerprint density at radius 3 is 2.48 bits per heavy atom. The molecule has 5 rings (SSSR count). The maximum absolute atomic E-state index is 14.5. The molecule has 14 heteroatoms. The van der Waals surface area contributed by atoms with Gasteiger partial charge in [-0.2, -0.15) is 26.3 Å². The Kier molecular flexibility index (Phi) is 6.68. The molecule has 2 unspecified atom stereocenters. The average molecular weight is 568 g/mol. The van der Waals surface area contributed by atoms with E-state index in [2.05, 4.69) is 10.3 Å². The van der Waals surface area contributed by atoms with E-state index in [1.54, 1.807) is 0 Å². The Bertz CT molecular complexity index is 1630. The summed E-state index contributed by atoms with van der Waals surface area (Å²) in [6.45, 7) is 0.199. The first-order valence-corrected chi connectivity index (χ1v) is 11.8. The van der Waals surface area contributed by atoms with Crippen LogP contribution in [0, 0.1) is 5.82 Å². The number of alkyl halides is 6. The van der Waals surface area contributed by atoms with E-state index in [9.17, 15) is 45.4 Å². The van der Waals surface area contributed by atoms with Crippen molar-refractivity contribution in [3.05, 3.63) is 98.8 Å². The smallest absolute Gasteiger partial charge is 0.417 e. The molecule has 1 aromatic carbocycles. The zero-order valence-electron chi connectivity index (χ0n) is 20.2. The molecule has 2 N–H and O–H groups in total. The van der Waals surface area contributed by atoms with Crippen LogP contribution >= 0.6 is 0 Å². The van der Waals surface area contributed by atoms with Crippen LogP contribution in [0.15, 0.2) is 65.1 Å². The number of halogens is 7. The van der Waals surface area contributed by atoms with E-state index in [4.69, 9.17) is 0 Å². The highest BCUT2D eigenvalue weighted by Crippen LogP contribution is 2.39. The molecule has 1 aliphatic carbocycles. The average Bonchev–Trinajstić information content (AvgIpc) is 3.29. The highest BCUT2D eigenvalue weighted by molar-refractivity contribution is 5.88. The fourth-order valence-corrected chi connectivity index (χ4v) is 4.84. The van der Waals surface area contributed by atoms with Crippen molar-refractivity contribution in [1.82, 2.24) is 14.7 Å². The zero-order chi connectivity index (χ0) is 29.0. The van der Waals surface area contributed by atoms with Crippen LogP contribution < -0.4 is 15.8 Å². The molecule has 0 fully saturated rings. The summed E-state index contributed by atoms with van der Waals surface area (Å²) >= 11 is 0. The molecule has 0 bridgehead atoms. The summed E-state index contributed by atoms with van der Waals surface area (Å²) in [5, 5.41) is 11.6. The minimum absolute atomic E-state index is 0.0633. The molecular weight excluding hydrogens is 549 g/mol. The standard InChI is InChI=1S/C26H19F7N4O3/c27-16-6-5-13-10-36(11-14(13)7-16)20-9-21(38)37-12-15(25(28,29)30)8-18(23(37)35-20)22(26(31,32)33)34-19-4-2-1-3-17(19)24(39)40/h1-3,5-9,12,19,22,34H,4,10-11H2,(H,39,40). The lowest BCUT2D eigenvalue weighted by Crippen LogP contribution is -2.43. The van der Waals surface area contributed by atoms with Gasteiger partial charge in [-0.15, -0.1) is 0 Å². The number of carbonyl (C=O) groups is 1. The van der Waals surface area contributed by atoms with E-state index in [1.165, 1.54) is 35.3 Å². The third-order valence-corrected chi connectivity index (χ3v) is 6.73. The third kappa shape index (κ3) is 5.18. The van der Waals surface area contributed by atoms with Gasteiger partial charge in [-0.3, -0.25) is 14.5 Å². The lowest BCUT2D eigenvalue weighted by Gasteiger charge is -2.30. The summed E-state index contributed by atoms with van der Waals surface area (Å²) < 4.78 is 98.7. The van der Waals surface area contributed by atoms with Gasteiger partial charge in [-0.1, -0.05) is 24.3 Å². The molecule has 3 heterocycles. The second-order valence-corrected chi connectivity index (χ2v) is 9.38. The van der Waals surface area contributed by atoms with Crippen molar-refractivity contribution in [3.63, 3.8) is 0 Å². The molecule has 0 spiro atoms. The molecule has 2 atom stereocenters. The van der Waals surface area contributed by atoms with E-state index in [0.29, 0.717) is 21.7 Å². The highest BCUT2D eigenvalue weighted by Gasteiger charge is 2.45. The first kappa shape index (κ1) is 27.4. The quantitative estimate of drug-likeness (QED) is 0.426. The predicted molar refractivity (Wildman–Crippen MR) is 128 cm³/mol. The number of nitrogens with zero attached hydrogens (tertiary/aromatic N) is 3. The summed E-state index contributed by atoms with van der Waals surface area (Å²) in [6, 6.07) is 0.926. The number of aliphatic carboxylic acids is 1. The third-order valence-electron chi connectivity index (χ3n) is 6.73.